The smallest absolute Gasteiger partial charge is 0.157 e. The summed E-state index contributed by atoms with van der Waals surface area (Å²) in [7, 11) is 0. The summed E-state index contributed by atoms with van der Waals surface area (Å²) in [6.45, 7) is 2.73. The Morgan fingerprint density at radius 2 is 2.11 bits per heavy atom. The number of aromatic nitrogens is 2. The Kier molecular flexibility index (Phi) is 4.29. The second kappa shape index (κ2) is 5.95. The van der Waals surface area contributed by atoms with Crippen molar-refractivity contribution >= 4 is 17.4 Å². The van der Waals surface area contributed by atoms with Crippen LogP contribution in [0.5, 0.6) is 0 Å². The molecule has 100 valence electrons. The lowest BCUT2D eigenvalue weighted by Gasteiger charge is -2.06. The molecule has 2 aromatic rings. The first kappa shape index (κ1) is 13.7. The molecule has 0 unspecified atom stereocenters. The van der Waals surface area contributed by atoms with E-state index in [1.165, 1.54) is 12.1 Å². The summed E-state index contributed by atoms with van der Waals surface area (Å²) in [5.41, 5.74) is 6.99. The van der Waals surface area contributed by atoms with Crippen LogP contribution in [0.15, 0.2) is 24.3 Å². The summed E-state index contributed by atoms with van der Waals surface area (Å²) in [4.78, 5) is 8.39. The minimum absolute atomic E-state index is 0.0426. The first-order valence-corrected chi connectivity index (χ1v) is 6.14. The summed E-state index contributed by atoms with van der Waals surface area (Å²) < 4.78 is 18.4. The fraction of sp³-hybridized carbons (Fsp3) is 0.231. The van der Waals surface area contributed by atoms with Crippen molar-refractivity contribution in [3.63, 3.8) is 0 Å². The van der Waals surface area contributed by atoms with E-state index in [2.05, 4.69) is 9.97 Å². The fourth-order valence-electron chi connectivity index (χ4n) is 1.58. The number of hydrogen-bond acceptors (Lipinski definition) is 4. The minimum atomic E-state index is -0.470. The maximum absolute atomic E-state index is 13.1. The topological polar surface area (TPSA) is 61.0 Å². The molecule has 0 aliphatic carbocycles. The number of benzene rings is 1. The molecule has 0 aliphatic heterocycles. The standard InChI is InChI=1S/C13H13ClFN3O/c1-2-19-7-13-17-11(6-12(16)18-13)8-3-4-10(15)9(14)5-8/h3-6H,2,7H2,1H3,(H2,16,17,18). The van der Waals surface area contributed by atoms with Crippen molar-refractivity contribution in [1.29, 1.82) is 0 Å². The molecule has 4 nitrogen and oxygen atoms in total. The van der Waals surface area contributed by atoms with Crippen molar-refractivity contribution in [2.45, 2.75) is 13.5 Å². The van der Waals surface area contributed by atoms with Gasteiger partial charge in [0.25, 0.3) is 0 Å². The summed E-state index contributed by atoms with van der Waals surface area (Å²) in [6, 6.07) is 5.99. The number of nitrogens with zero attached hydrogens (tertiary/aromatic N) is 2. The van der Waals surface area contributed by atoms with Gasteiger partial charge >= 0.3 is 0 Å². The minimum Gasteiger partial charge on any atom is -0.384 e. The Bertz CT molecular complexity index is 592. The van der Waals surface area contributed by atoms with E-state index >= 15 is 0 Å². The summed E-state index contributed by atoms with van der Waals surface area (Å²) >= 11 is 5.75. The largest absolute Gasteiger partial charge is 0.384 e. The Morgan fingerprint density at radius 1 is 1.32 bits per heavy atom. The lowest BCUT2D eigenvalue weighted by molar-refractivity contribution is 0.128. The quantitative estimate of drug-likeness (QED) is 0.936. The average Bonchev–Trinajstić information content (AvgIpc) is 2.39. The molecule has 2 rings (SSSR count). The Hall–Kier alpha value is -1.72. The van der Waals surface area contributed by atoms with E-state index in [0.29, 0.717) is 29.5 Å². The summed E-state index contributed by atoms with van der Waals surface area (Å²) in [6.07, 6.45) is 0. The van der Waals surface area contributed by atoms with Crippen LogP contribution in [0.3, 0.4) is 0 Å². The van der Waals surface area contributed by atoms with Gasteiger partial charge in [0.05, 0.1) is 10.7 Å². The molecule has 0 bridgehead atoms. The monoisotopic (exact) mass is 281 g/mol. The third-order valence-corrected chi connectivity index (χ3v) is 2.73. The first-order valence-electron chi connectivity index (χ1n) is 5.76. The van der Waals surface area contributed by atoms with E-state index in [-0.39, 0.29) is 11.6 Å². The van der Waals surface area contributed by atoms with Crippen LogP contribution in [0.4, 0.5) is 10.2 Å². The van der Waals surface area contributed by atoms with Crippen molar-refractivity contribution < 1.29 is 9.13 Å². The van der Waals surface area contributed by atoms with Gasteiger partial charge in [0.1, 0.15) is 18.2 Å². The molecule has 0 saturated carbocycles. The van der Waals surface area contributed by atoms with Crippen LogP contribution in [0.25, 0.3) is 11.3 Å². The van der Waals surface area contributed by atoms with E-state index in [9.17, 15) is 4.39 Å². The van der Waals surface area contributed by atoms with Gasteiger partial charge in [0.2, 0.25) is 0 Å². The normalized spacial score (nSPS) is 10.7. The highest BCUT2D eigenvalue weighted by Crippen LogP contribution is 2.24. The lowest BCUT2D eigenvalue weighted by Crippen LogP contribution is -2.03. The highest BCUT2D eigenvalue weighted by Gasteiger charge is 2.08. The first-order chi connectivity index (χ1) is 9.10. The Morgan fingerprint density at radius 3 is 2.79 bits per heavy atom. The van der Waals surface area contributed by atoms with Crippen LogP contribution < -0.4 is 5.73 Å². The van der Waals surface area contributed by atoms with Gasteiger partial charge in [-0.2, -0.15) is 0 Å². The van der Waals surface area contributed by atoms with Crippen LogP contribution in [0.2, 0.25) is 5.02 Å². The third-order valence-electron chi connectivity index (χ3n) is 2.44. The van der Waals surface area contributed by atoms with Gasteiger partial charge in [-0.25, -0.2) is 14.4 Å². The average molecular weight is 282 g/mol. The lowest BCUT2D eigenvalue weighted by atomic mass is 10.1. The van der Waals surface area contributed by atoms with Gasteiger partial charge in [-0.05, 0) is 25.1 Å². The van der Waals surface area contributed by atoms with Crippen molar-refractivity contribution in [3.05, 3.63) is 40.9 Å². The predicted octanol–water partition coefficient (Wildman–Crippen LogP) is 3.05. The van der Waals surface area contributed by atoms with Gasteiger partial charge in [0.15, 0.2) is 5.82 Å². The van der Waals surface area contributed by atoms with Gasteiger partial charge in [-0.3, -0.25) is 0 Å². The fourth-order valence-corrected chi connectivity index (χ4v) is 1.76. The number of halogens is 2. The van der Waals surface area contributed by atoms with Crippen molar-refractivity contribution in [1.82, 2.24) is 9.97 Å². The third kappa shape index (κ3) is 3.39. The molecule has 1 aromatic heterocycles. The molecule has 0 amide bonds. The molecule has 0 fully saturated rings. The molecule has 6 heteroatoms. The van der Waals surface area contributed by atoms with E-state index < -0.39 is 5.82 Å². The molecule has 1 aromatic carbocycles. The van der Waals surface area contributed by atoms with Gasteiger partial charge < -0.3 is 10.5 Å². The second-order valence-corrected chi connectivity index (χ2v) is 4.27. The van der Waals surface area contributed by atoms with Gasteiger partial charge in [0, 0.05) is 18.2 Å². The zero-order chi connectivity index (χ0) is 13.8. The van der Waals surface area contributed by atoms with Crippen LogP contribution in [-0.2, 0) is 11.3 Å². The molecular formula is C13H13ClFN3O. The number of ether oxygens (including phenoxy) is 1. The zero-order valence-corrected chi connectivity index (χ0v) is 11.1. The maximum atomic E-state index is 13.1. The summed E-state index contributed by atoms with van der Waals surface area (Å²) in [5.74, 6) is 0.347. The molecule has 0 saturated heterocycles. The van der Waals surface area contributed by atoms with Crippen molar-refractivity contribution in [3.8, 4) is 11.3 Å². The second-order valence-electron chi connectivity index (χ2n) is 3.86. The van der Waals surface area contributed by atoms with E-state index in [1.54, 1.807) is 12.1 Å². The van der Waals surface area contributed by atoms with Crippen LogP contribution in [-0.4, -0.2) is 16.6 Å². The molecule has 1 heterocycles. The predicted molar refractivity (Wildman–Crippen MR) is 72.2 cm³/mol. The highest BCUT2D eigenvalue weighted by atomic mass is 35.5. The molecule has 19 heavy (non-hydrogen) atoms. The number of rotatable bonds is 4. The van der Waals surface area contributed by atoms with E-state index in [4.69, 9.17) is 22.1 Å². The van der Waals surface area contributed by atoms with Crippen LogP contribution >= 0.6 is 11.6 Å². The number of nitrogens with two attached hydrogens (primary N) is 1. The van der Waals surface area contributed by atoms with Gasteiger partial charge in [-0.15, -0.1) is 0 Å². The molecule has 0 atom stereocenters. The van der Waals surface area contributed by atoms with E-state index in [1.807, 2.05) is 6.92 Å². The molecule has 0 aliphatic rings. The van der Waals surface area contributed by atoms with Crippen molar-refractivity contribution in [2.24, 2.45) is 0 Å². The maximum Gasteiger partial charge on any atom is 0.157 e. The SMILES string of the molecule is CCOCc1nc(N)cc(-c2ccc(F)c(Cl)c2)n1. The number of nitrogen functional groups attached to an aromatic ring is 1. The molecular weight excluding hydrogens is 269 g/mol. The summed E-state index contributed by atoms with van der Waals surface area (Å²) in [5, 5.41) is 0.0426. The highest BCUT2D eigenvalue weighted by molar-refractivity contribution is 6.31. The molecule has 0 spiro atoms. The Balaban J connectivity index is 2.37. The Labute approximate surface area is 115 Å². The number of anilines is 1. The van der Waals surface area contributed by atoms with Crippen molar-refractivity contribution in [2.75, 3.05) is 12.3 Å². The van der Waals surface area contributed by atoms with Crippen LogP contribution in [0, 0.1) is 5.82 Å². The molecule has 0 radical (unpaired) electrons. The van der Waals surface area contributed by atoms with E-state index in [0.717, 1.165) is 0 Å². The zero-order valence-electron chi connectivity index (χ0n) is 10.4. The van der Waals surface area contributed by atoms with Gasteiger partial charge in [-0.1, -0.05) is 11.6 Å². The molecule has 2 N–H and O–H groups in total. The number of hydrogen-bond donors (Lipinski definition) is 1. The van der Waals surface area contributed by atoms with Crippen LogP contribution in [0.1, 0.15) is 12.7 Å².